The molecule has 0 aliphatic carbocycles. The zero-order valence-electron chi connectivity index (χ0n) is 34.6. The summed E-state index contributed by atoms with van der Waals surface area (Å²) in [6.07, 6.45) is 4.44. The number of aromatic nitrogens is 8. The van der Waals surface area contributed by atoms with Gasteiger partial charge >= 0.3 is 0 Å². The lowest BCUT2D eigenvalue weighted by Crippen LogP contribution is -2.44. The third-order valence-corrected chi connectivity index (χ3v) is 11.1. The van der Waals surface area contributed by atoms with E-state index >= 15 is 0 Å². The maximum absolute atomic E-state index is 13.7. The predicted molar refractivity (Wildman–Crippen MR) is 243 cm³/mol. The Bertz CT molecular complexity index is 3270. The van der Waals surface area contributed by atoms with Crippen molar-refractivity contribution in [1.29, 1.82) is 0 Å². The summed E-state index contributed by atoms with van der Waals surface area (Å²) in [5.74, 6) is 2.22. The lowest BCUT2D eigenvalue weighted by atomic mass is 10.1. The van der Waals surface area contributed by atoms with Gasteiger partial charge in [0.05, 0.1) is 58.4 Å². The van der Waals surface area contributed by atoms with Gasteiger partial charge in [-0.05, 0) is 81.1 Å². The van der Waals surface area contributed by atoms with Crippen LogP contribution in [0.4, 0.5) is 11.8 Å². The average molecular weight is 826 g/mol. The van der Waals surface area contributed by atoms with Crippen LogP contribution in [-0.2, 0) is 6.54 Å². The third-order valence-electron chi connectivity index (χ3n) is 11.1. The highest BCUT2D eigenvalue weighted by Crippen LogP contribution is 2.27. The highest BCUT2D eigenvalue weighted by molar-refractivity contribution is 5.96. The number of aromatic amines is 1. The number of anilines is 2. The van der Waals surface area contributed by atoms with Gasteiger partial charge in [-0.3, -0.25) is 23.7 Å². The molecular weight excluding hydrogens is 783 g/mol. The van der Waals surface area contributed by atoms with Crippen molar-refractivity contribution in [2.75, 3.05) is 11.1 Å². The van der Waals surface area contributed by atoms with Crippen molar-refractivity contribution in [3.63, 3.8) is 0 Å². The Morgan fingerprint density at radius 3 is 2.02 bits per heavy atom. The number of nitrogens with zero attached hydrogens (tertiary/aromatic N) is 11. The zero-order valence-corrected chi connectivity index (χ0v) is 34.6. The standard InChI is InChI=1S/C23H22N8O.C22H21N7O/c1-12-7-4-5-10-16(12)31-21(28-15-9-6-8-13(2)17(15)22(31)32)14(3)27-20-18-19(26-11-25-18)29-23(24)30-20;1-13-6-3-4-9-16(13)29-17(27-15-8-5-7-14(2)18(15)22(29)30)10-28-12-26-19-20(23)24-11-25-21(19)28/h4-11,14H,1-3H3,(H4,24,25,26,27,29,30);3-9,11-12,19,21H,10H2,1-2H3,(H2,23,24,25). The van der Waals surface area contributed by atoms with Crippen molar-refractivity contribution < 1.29 is 0 Å². The number of nitrogens with two attached hydrogens (primary N) is 2. The number of amidine groups is 1. The van der Waals surface area contributed by atoms with Crippen LogP contribution in [0.3, 0.4) is 0 Å². The van der Waals surface area contributed by atoms with Crippen molar-refractivity contribution in [1.82, 2.24) is 43.9 Å². The topological polar surface area (TPSA) is 229 Å². The summed E-state index contributed by atoms with van der Waals surface area (Å²) in [5.41, 5.74) is 19.4. The first-order valence-corrected chi connectivity index (χ1v) is 20.0. The number of fused-ring (bicyclic) bond motifs is 4. The molecule has 3 unspecified atom stereocenters. The summed E-state index contributed by atoms with van der Waals surface area (Å²) in [5, 5.41) is 4.57. The number of H-pyrrole nitrogens is 1. The van der Waals surface area contributed by atoms with Crippen LogP contribution in [0.1, 0.15) is 46.9 Å². The molecule has 4 aromatic carbocycles. The minimum atomic E-state index is -0.381. The van der Waals surface area contributed by atoms with Gasteiger partial charge in [0, 0.05) is 0 Å². The second-order valence-corrected chi connectivity index (χ2v) is 15.3. The minimum absolute atomic E-state index is 0.0803. The van der Waals surface area contributed by atoms with E-state index in [2.05, 4.69) is 40.2 Å². The van der Waals surface area contributed by atoms with E-state index in [0.717, 1.165) is 33.6 Å². The van der Waals surface area contributed by atoms with E-state index in [1.54, 1.807) is 15.5 Å². The van der Waals surface area contributed by atoms with Crippen LogP contribution in [-0.4, -0.2) is 74.7 Å². The fourth-order valence-electron chi connectivity index (χ4n) is 8.01. The van der Waals surface area contributed by atoms with Crippen molar-refractivity contribution in [2.24, 2.45) is 20.7 Å². The van der Waals surface area contributed by atoms with Gasteiger partial charge in [0.15, 0.2) is 17.6 Å². The predicted octanol–water partition coefficient (Wildman–Crippen LogP) is 5.36. The molecule has 8 aromatic rings. The summed E-state index contributed by atoms with van der Waals surface area (Å²) in [6, 6.07) is 26.3. The van der Waals surface area contributed by atoms with Gasteiger partial charge in [-0.2, -0.15) is 9.97 Å². The lowest BCUT2D eigenvalue weighted by molar-refractivity contribution is 0.325. The van der Waals surface area contributed by atoms with Gasteiger partial charge in [0.25, 0.3) is 11.1 Å². The number of aryl methyl sites for hydroxylation is 4. The molecule has 0 saturated heterocycles. The molecule has 2 aliphatic heterocycles. The highest BCUT2D eigenvalue weighted by Gasteiger charge is 2.35. The Labute approximate surface area is 354 Å². The second kappa shape index (κ2) is 15.8. The van der Waals surface area contributed by atoms with E-state index < -0.39 is 0 Å². The molecule has 62 heavy (non-hydrogen) atoms. The SMILES string of the molecule is Cc1ccccc1-n1c(C(C)Nc2nc(N)nc3nc[nH]c23)nc2cccc(C)c2c1=O.Cc1ccccc1-n1c(CN2C=NC3C(N)=NC=NC32)nc2cccc(C)c2c1=O. The molecule has 0 spiro atoms. The first-order valence-electron chi connectivity index (χ1n) is 20.0. The number of nitrogens with one attached hydrogen (secondary N) is 2. The molecule has 10 rings (SSSR count). The molecule has 17 nitrogen and oxygen atoms in total. The van der Waals surface area contributed by atoms with E-state index in [1.165, 1.54) is 12.7 Å². The van der Waals surface area contributed by atoms with Crippen molar-refractivity contribution in [3.05, 3.63) is 146 Å². The van der Waals surface area contributed by atoms with Crippen molar-refractivity contribution in [2.45, 2.75) is 59.4 Å². The molecule has 310 valence electrons. The van der Waals surface area contributed by atoms with Crippen LogP contribution in [0.25, 0.3) is 44.3 Å². The van der Waals surface area contributed by atoms with Gasteiger partial charge in [-0.1, -0.05) is 60.7 Å². The average Bonchev–Trinajstić information content (AvgIpc) is 3.90. The number of benzene rings is 4. The molecule has 0 amide bonds. The summed E-state index contributed by atoms with van der Waals surface area (Å²) >= 11 is 0. The molecular formula is C45H43N15O2. The lowest BCUT2D eigenvalue weighted by Gasteiger charge is -2.26. The van der Waals surface area contributed by atoms with E-state index in [-0.39, 0.29) is 35.3 Å². The maximum atomic E-state index is 13.7. The van der Waals surface area contributed by atoms with Crippen LogP contribution in [0, 0.1) is 27.7 Å². The number of hydrogen-bond acceptors (Lipinski definition) is 14. The number of nitrogen functional groups attached to an aromatic ring is 1. The molecule has 0 saturated carbocycles. The largest absolute Gasteiger partial charge is 0.385 e. The molecule has 0 fully saturated rings. The summed E-state index contributed by atoms with van der Waals surface area (Å²) in [7, 11) is 0. The highest BCUT2D eigenvalue weighted by atomic mass is 16.1. The normalized spacial score (nSPS) is 16.0. The maximum Gasteiger partial charge on any atom is 0.266 e. The fraction of sp³-hybridized carbons (Fsp3) is 0.200. The first-order chi connectivity index (χ1) is 30.0. The van der Waals surface area contributed by atoms with Crippen LogP contribution < -0.4 is 27.9 Å². The number of para-hydroxylation sites is 2. The first kappa shape index (κ1) is 39.4. The Balaban J connectivity index is 0.000000158. The van der Waals surface area contributed by atoms with Crippen LogP contribution in [0.5, 0.6) is 0 Å². The molecule has 17 heteroatoms. The minimum Gasteiger partial charge on any atom is -0.385 e. The fourth-order valence-corrected chi connectivity index (χ4v) is 8.01. The number of hydrogen-bond donors (Lipinski definition) is 4. The monoisotopic (exact) mass is 825 g/mol. The van der Waals surface area contributed by atoms with Crippen molar-refractivity contribution in [3.8, 4) is 11.4 Å². The Morgan fingerprint density at radius 1 is 0.726 bits per heavy atom. The van der Waals surface area contributed by atoms with Gasteiger partial charge in [-0.25, -0.2) is 24.9 Å². The Kier molecular flexibility index (Phi) is 10.1. The van der Waals surface area contributed by atoms with Gasteiger partial charge in [-0.15, -0.1) is 0 Å². The van der Waals surface area contributed by atoms with E-state index in [9.17, 15) is 9.59 Å². The van der Waals surface area contributed by atoms with Crippen LogP contribution >= 0.6 is 0 Å². The van der Waals surface area contributed by atoms with Crippen LogP contribution in [0.2, 0.25) is 0 Å². The molecule has 6 N–H and O–H groups in total. The van der Waals surface area contributed by atoms with E-state index in [0.29, 0.717) is 62.8 Å². The smallest absolute Gasteiger partial charge is 0.266 e. The summed E-state index contributed by atoms with van der Waals surface area (Å²) in [6.45, 7) is 10.1. The molecule has 0 bridgehead atoms. The van der Waals surface area contributed by atoms with Crippen LogP contribution in [0.15, 0.2) is 116 Å². The summed E-state index contributed by atoms with van der Waals surface area (Å²) in [4.78, 5) is 67.7. The third kappa shape index (κ3) is 6.98. The Hall–Kier alpha value is -8.08. The molecule has 6 heterocycles. The second-order valence-electron chi connectivity index (χ2n) is 15.3. The van der Waals surface area contributed by atoms with Gasteiger partial charge < -0.3 is 26.7 Å². The quantitative estimate of drug-likeness (QED) is 0.160. The van der Waals surface area contributed by atoms with Gasteiger partial charge in [0.1, 0.15) is 35.4 Å². The summed E-state index contributed by atoms with van der Waals surface area (Å²) < 4.78 is 3.38. The van der Waals surface area contributed by atoms with E-state index in [4.69, 9.17) is 21.4 Å². The molecule has 4 aromatic heterocycles. The van der Waals surface area contributed by atoms with Crippen molar-refractivity contribution >= 4 is 63.2 Å². The molecule has 2 aliphatic rings. The number of rotatable bonds is 7. The number of aliphatic imine (C=N–C) groups is 3. The number of imidazole rings is 1. The van der Waals surface area contributed by atoms with Gasteiger partial charge in [0.2, 0.25) is 5.95 Å². The molecule has 3 atom stereocenters. The zero-order chi connectivity index (χ0) is 43.2. The Morgan fingerprint density at radius 2 is 1.34 bits per heavy atom. The molecule has 0 radical (unpaired) electrons. The van der Waals surface area contributed by atoms with E-state index in [1.807, 2.05) is 124 Å².